The number of amides is 1. The molecule has 4 rings (SSSR count). The van der Waals surface area contributed by atoms with Crippen LogP contribution >= 0.6 is 11.3 Å². The summed E-state index contributed by atoms with van der Waals surface area (Å²) >= 11 is 1.66. The van der Waals surface area contributed by atoms with E-state index in [1.54, 1.807) is 11.3 Å². The molecule has 2 aromatic rings. The fourth-order valence-corrected chi connectivity index (χ4v) is 4.79. The molecule has 126 valence electrons. The quantitative estimate of drug-likeness (QED) is 0.919. The Balaban J connectivity index is 1.32. The molecule has 1 aliphatic carbocycles. The van der Waals surface area contributed by atoms with E-state index in [9.17, 15) is 9.18 Å². The van der Waals surface area contributed by atoms with E-state index in [1.807, 2.05) is 12.1 Å². The fraction of sp³-hybridized carbons (Fsp3) is 0.421. The van der Waals surface area contributed by atoms with Crippen LogP contribution in [0.3, 0.4) is 0 Å². The second kappa shape index (κ2) is 6.55. The predicted octanol–water partition coefficient (Wildman–Crippen LogP) is 3.77. The van der Waals surface area contributed by atoms with E-state index in [1.165, 1.54) is 29.0 Å². The number of carbonyl (C=O) groups is 1. The Bertz CT molecular complexity index is 711. The van der Waals surface area contributed by atoms with E-state index in [0.717, 1.165) is 49.3 Å². The minimum Gasteiger partial charge on any atom is -0.371 e. The molecule has 0 spiro atoms. The number of nitrogens with one attached hydrogen (secondary N) is 1. The number of fused-ring (bicyclic) bond motifs is 1. The number of benzene rings is 1. The molecule has 2 aliphatic rings. The topological polar surface area (TPSA) is 32.3 Å². The monoisotopic (exact) mass is 344 g/mol. The van der Waals surface area contributed by atoms with Crippen LogP contribution in [0.2, 0.25) is 0 Å². The van der Waals surface area contributed by atoms with Crippen LogP contribution in [-0.2, 0) is 12.8 Å². The number of anilines is 1. The molecule has 0 atom stereocenters. The van der Waals surface area contributed by atoms with Crippen LogP contribution < -0.4 is 10.2 Å². The van der Waals surface area contributed by atoms with E-state index >= 15 is 0 Å². The average Bonchev–Trinajstić information content (AvgIpc) is 3.18. The van der Waals surface area contributed by atoms with Crippen LogP contribution in [0.1, 0.15) is 39.4 Å². The zero-order valence-corrected chi connectivity index (χ0v) is 14.4. The SMILES string of the molecule is O=C(NC1CCN(c2ccc(F)cc2)CC1)c1cc2c(s1)CCC2. The Morgan fingerprint density at radius 2 is 1.92 bits per heavy atom. The molecule has 0 unspecified atom stereocenters. The third-order valence-electron chi connectivity index (χ3n) is 4.99. The van der Waals surface area contributed by atoms with Gasteiger partial charge in [-0.2, -0.15) is 0 Å². The van der Waals surface area contributed by atoms with Gasteiger partial charge in [0.1, 0.15) is 5.82 Å². The second-order valence-electron chi connectivity index (χ2n) is 6.62. The van der Waals surface area contributed by atoms with Gasteiger partial charge in [0.25, 0.3) is 5.91 Å². The number of carbonyl (C=O) groups excluding carboxylic acids is 1. The average molecular weight is 344 g/mol. The first-order valence-electron chi connectivity index (χ1n) is 8.62. The van der Waals surface area contributed by atoms with Crippen LogP contribution in [0.25, 0.3) is 0 Å². The number of rotatable bonds is 3. The van der Waals surface area contributed by atoms with Gasteiger partial charge in [0.2, 0.25) is 0 Å². The lowest BCUT2D eigenvalue weighted by molar-refractivity contribution is 0.0935. The highest BCUT2D eigenvalue weighted by Gasteiger charge is 2.23. The fourth-order valence-electron chi connectivity index (χ4n) is 3.63. The summed E-state index contributed by atoms with van der Waals surface area (Å²) in [5.41, 5.74) is 2.42. The Hall–Kier alpha value is -1.88. The van der Waals surface area contributed by atoms with E-state index in [4.69, 9.17) is 0 Å². The largest absolute Gasteiger partial charge is 0.371 e. The molecule has 0 saturated carbocycles. The molecule has 1 N–H and O–H groups in total. The number of hydrogen-bond acceptors (Lipinski definition) is 3. The first kappa shape index (κ1) is 15.6. The molecule has 1 saturated heterocycles. The van der Waals surface area contributed by atoms with Gasteiger partial charge in [-0.15, -0.1) is 11.3 Å². The zero-order valence-electron chi connectivity index (χ0n) is 13.6. The van der Waals surface area contributed by atoms with Gasteiger partial charge >= 0.3 is 0 Å². The number of piperidine rings is 1. The van der Waals surface area contributed by atoms with Crippen LogP contribution in [0.5, 0.6) is 0 Å². The van der Waals surface area contributed by atoms with E-state index in [0.29, 0.717) is 0 Å². The van der Waals surface area contributed by atoms with Gasteiger partial charge in [0, 0.05) is 29.7 Å². The summed E-state index contributed by atoms with van der Waals surface area (Å²) in [6.07, 6.45) is 5.33. The number of halogens is 1. The van der Waals surface area contributed by atoms with Crippen molar-refractivity contribution >= 4 is 22.9 Å². The molecule has 0 bridgehead atoms. The molecule has 5 heteroatoms. The van der Waals surface area contributed by atoms with Gasteiger partial charge in [-0.1, -0.05) is 0 Å². The van der Waals surface area contributed by atoms with Crippen molar-refractivity contribution < 1.29 is 9.18 Å². The summed E-state index contributed by atoms with van der Waals surface area (Å²) in [4.78, 5) is 17.0. The Kier molecular flexibility index (Phi) is 4.27. The Labute approximate surface area is 145 Å². The van der Waals surface area contributed by atoms with Crippen molar-refractivity contribution in [2.24, 2.45) is 0 Å². The summed E-state index contributed by atoms with van der Waals surface area (Å²) in [6, 6.07) is 8.95. The van der Waals surface area contributed by atoms with Crippen molar-refractivity contribution in [1.82, 2.24) is 5.32 Å². The number of hydrogen-bond donors (Lipinski definition) is 1. The molecule has 0 radical (unpaired) electrons. The van der Waals surface area contributed by atoms with Crippen molar-refractivity contribution in [2.45, 2.75) is 38.1 Å². The van der Waals surface area contributed by atoms with Gasteiger partial charge in [-0.3, -0.25) is 4.79 Å². The number of nitrogens with zero attached hydrogens (tertiary/aromatic N) is 1. The highest BCUT2D eigenvalue weighted by atomic mass is 32.1. The van der Waals surface area contributed by atoms with Gasteiger partial charge in [-0.25, -0.2) is 4.39 Å². The van der Waals surface area contributed by atoms with Gasteiger partial charge in [0.15, 0.2) is 0 Å². The van der Waals surface area contributed by atoms with Crippen molar-refractivity contribution in [3.8, 4) is 0 Å². The molecule has 3 nitrogen and oxygen atoms in total. The zero-order chi connectivity index (χ0) is 16.5. The normalized spacial score (nSPS) is 17.8. The van der Waals surface area contributed by atoms with E-state index < -0.39 is 0 Å². The van der Waals surface area contributed by atoms with Crippen molar-refractivity contribution in [3.05, 3.63) is 51.5 Å². The smallest absolute Gasteiger partial charge is 0.261 e. The molecular formula is C19H21FN2OS. The third-order valence-corrected chi connectivity index (χ3v) is 6.23. The highest BCUT2D eigenvalue weighted by Crippen LogP contribution is 2.30. The lowest BCUT2D eigenvalue weighted by Gasteiger charge is -2.33. The van der Waals surface area contributed by atoms with Crippen molar-refractivity contribution in [2.75, 3.05) is 18.0 Å². The molecule has 1 aromatic carbocycles. The standard InChI is InChI=1S/C19H21FN2OS/c20-14-4-6-16(7-5-14)22-10-8-15(9-11-22)21-19(23)18-12-13-2-1-3-17(13)24-18/h4-7,12,15H,1-3,8-11H2,(H,21,23). The second-order valence-corrected chi connectivity index (χ2v) is 7.76. The molecule has 1 aromatic heterocycles. The minimum atomic E-state index is -0.205. The summed E-state index contributed by atoms with van der Waals surface area (Å²) < 4.78 is 13.0. The third kappa shape index (κ3) is 3.18. The van der Waals surface area contributed by atoms with E-state index in [-0.39, 0.29) is 17.8 Å². The van der Waals surface area contributed by atoms with Gasteiger partial charge in [-0.05, 0) is 68.0 Å². The maximum Gasteiger partial charge on any atom is 0.261 e. The summed E-state index contributed by atoms with van der Waals surface area (Å²) in [5.74, 6) is -0.127. The summed E-state index contributed by atoms with van der Waals surface area (Å²) in [7, 11) is 0. The summed E-state index contributed by atoms with van der Waals surface area (Å²) in [5, 5.41) is 3.19. The van der Waals surface area contributed by atoms with Crippen molar-refractivity contribution in [1.29, 1.82) is 0 Å². The predicted molar refractivity (Wildman–Crippen MR) is 95.4 cm³/mol. The molecule has 2 heterocycles. The maximum absolute atomic E-state index is 13.0. The molecule has 24 heavy (non-hydrogen) atoms. The number of thiophene rings is 1. The first-order chi connectivity index (χ1) is 11.7. The molecular weight excluding hydrogens is 323 g/mol. The van der Waals surface area contributed by atoms with Crippen LogP contribution in [0, 0.1) is 5.82 Å². The van der Waals surface area contributed by atoms with Crippen molar-refractivity contribution in [3.63, 3.8) is 0 Å². The number of aryl methyl sites for hydroxylation is 2. The van der Waals surface area contributed by atoms with Crippen LogP contribution in [0.15, 0.2) is 30.3 Å². The van der Waals surface area contributed by atoms with Gasteiger partial charge in [0.05, 0.1) is 4.88 Å². The Morgan fingerprint density at radius 3 is 2.62 bits per heavy atom. The molecule has 1 aliphatic heterocycles. The Morgan fingerprint density at radius 1 is 1.17 bits per heavy atom. The first-order valence-corrected chi connectivity index (χ1v) is 9.43. The molecule has 1 fully saturated rings. The molecule has 1 amide bonds. The van der Waals surface area contributed by atoms with Crippen LogP contribution in [0.4, 0.5) is 10.1 Å². The van der Waals surface area contributed by atoms with E-state index in [2.05, 4.69) is 16.3 Å². The minimum absolute atomic E-state index is 0.0784. The highest BCUT2D eigenvalue weighted by molar-refractivity contribution is 7.14. The van der Waals surface area contributed by atoms with Crippen LogP contribution in [-0.4, -0.2) is 25.0 Å². The summed E-state index contributed by atoms with van der Waals surface area (Å²) in [6.45, 7) is 1.77. The lowest BCUT2D eigenvalue weighted by Crippen LogP contribution is -2.44. The van der Waals surface area contributed by atoms with Gasteiger partial charge < -0.3 is 10.2 Å². The lowest BCUT2D eigenvalue weighted by atomic mass is 10.0. The maximum atomic E-state index is 13.0.